The zero-order valence-electron chi connectivity index (χ0n) is 22.1. The largest absolute Gasteiger partial charge is 1.00 e. The Morgan fingerprint density at radius 1 is 0.441 bits per heavy atom. The monoisotopic (exact) mass is 541 g/mol. The van der Waals surface area contributed by atoms with Crippen LogP contribution in [-0.4, -0.2) is 43.1 Å². The van der Waals surface area contributed by atoms with E-state index in [0.29, 0.717) is 13.2 Å². The highest BCUT2D eigenvalue weighted by Gasteiger charge is 2.09. The van der Waals surface area contributed by atoms with Crippen LogP contribution in [0.1, 0.15) is 121 Å². The molecule has 0 radical (unpaired) electrons. The Kier molecular flexibility index (Phi) is 26.8. The van der Waals surface area contributed by atoms with Crippen LogP contribution in [0.5, 0.6) is 0 Å². The van der Waals surface area contributed by atoms with Crippen LogP contribution in [0.25, 0.3) is 0 Å². The van der Waals surface area contributed by atoms with Crippen molar-refractivity contribution in [2.45, 2.75) is 122 Å². The second-order valence-corrected chi connectivity index (χ2v) is 10.0. The van der Waals surface area contributed by atoms with Crippen LogP contribution in [-0.2, 0) is 6.42 Å². The highest BCUT2D eigenvalue weighted by molar-refractivity contribution is 5.14. The van der Waals surface area contributed by atoms with E-state index in [1.54, 1.807) is 0 Å². The Labute approximate surface area is 222 Å². The summed E-state index contributed by atoms with van der Waals surface area (Å²) >= 11 is 0. The molecule has 0 spiro atoms. The van der Waals surface area contributed by atoms with Crippen LogP contribution in [0.3, 0.4) is 0 Å². The van der Waals surface area contributed by atoms with Crippen LogP contribution in [0, 0.1) is 0 Å². The molecule has 0 heterocycles. The zero-order valence-corrected chi connectivity index (χ0v) is 23.7. The summed E-state index contributed by atoms with van der Waals surface area (Å²) in [6, 6.07) is 11.0. The van der Waals surface area contributed by atoms with E-state index in [-0.39, 0.29) is 17.0 Å². The molecule has 0 aromatic heterocycles. The topological polar surface area (TPSA) is 44.9 Å². The standard InChI is InChI=1S/C30H55NO2.BrH/c32-28-20-13-9-5-1-3-7-11-18-25-31(27-24-30-22-16-15-17-23-30)26-19-12-8-4-2-6-10-14-21-29-33;/h15-17,22-23,32-33H,1-14,18-21,24-29H2;1H. The van der Waals surface area contributed by atoms with E-state index in [4.69, 9.17) is 10.2 Å². The van der Waals surface area contributed by atoms with E-state index in [1.807, 2.05) is 4.90 Å². The highest BCUT2D eigenvalue weighted by Crippen LogP contribution is 2.10. The Morgan fingerprint density at radius 2 is 0.794 bits per heavy atom. The smallest absolute Gasteiger partial charge is 0.0811 e. The Hall–Kier alpha value is -0.420. The average molecular weight is 543 g/mol. The highest BCUT2D eigenvalue weighted by atomic mass is 79.9. The van der Waals surface area contributed by atoms with Gasteiger partial charge in [0.25, 0.3) is 0 Å². The van der Waals surface area contributed by atoms with E-state index < -0.39 is 0 Å². The second kappa shape index (κ2) is 27.2. The SMILES string of the molecule is OCCCCCCCCCCC[NH+](CCCCCCCCCCCO)CCc1ccccc1.[Br-]. The number of rotatable bonds is 25. The molecule has 0 aliphatic heterocycles. The first-order valence-electron chi connectivity index (χ1n) is 14.5. The van der Waals surface area contributed by atoms with Crippen molar-refractivity contribution in [1.82, 2.24) is 0 Å². The predicted molar refractivity (Wildman–Crippen MR) is 143 cm³/mol. The van der Waals surface area contributed by atoms with E-state index in [0.717, 1.165) is 12.8 Å². The number of quaternary nitrogens is 1. The maximum absolute atomic E-state index is 8.84. The van der Waals surface area contributed by atoms with Gasteiger partial charge in [-0.1, -0.05) is 107 Å². The summed E-state index contributed by atoms with van der Waals surface area (Å²) in [6.07, 6.45) is 24.7. The molecule has 1 aromatic carbocycles. The van der Waals surface area contributed by atoms with Gasteiger partial charge >= 0.3 is 0 Å². The number of nitrogens with one attached hydrogen (secondary N) is 1. The van der Waals surface area contributed by atoms with Crippen molar-refractivity contribution >= 4 is 0 Å². The third-order valence-electron chi connectivity index (χ3n) is 6.99. The molecule has 0 fully saturated rings. The fourth-order valence-corrected chi connectivity index (χ4v) is 4.79. The number of hydrogen-bond acceptors (Lipinski definition) is 2. The number of hydrogen-bond donors (Lipinski definition) is 3. The summed E-state index contributed by atoms with van der Waals surface area (Å²) < 4.78 is 0. The Balaban J connectivity index is 0.0000109. The van der Waals surface area contributed by atoms with Crippen molar-refractivity contribution < 1.29 is 32.1 Å². The lowest BCUT2D eigenvalue weighted by Crippen LogP contribution is -3.12. The van der Waals surface area contributed by atoms with Crippen molar-refractivity contribution in [3.8, 4) is 0 Å². The normalized spacial score (nSPS) is 11.1. The Bertz CT molecular complexity index is 476. The fraction of sp³-hybridized carbons (Fsp3) is 0.800. The predicted octanol–water partition coefficient (Wildman–Crippen LogP) is 3.12. The molecule has 0 aliphatic carbocycles. The van der Waals surface area contributed by atoms with Gasteiger partial charge in [-0.05, 0) is 44.1 Å². The number of unbranched alkanes of at least 4 members (excludes halogenated alkanes) is 16. The van der Waals surface area contributed by atoms with Crippen molar-refractivity contribution in [3.63, 3.8) is 0 Å². The molecule has 0 saturated carbocycles. The van der Waals surface area contributed by atoms with Gasteiger partial charge in [-0.2, -0.15) is 0 Å². The lowest BCUT2D eigenvalue weighted by molar-refractivity contribution is -0.900. The van der Waals surface area contributed by atoms with Gasteiger partial charge in [-0.3, -0.25) is 0 Å². The maximum Gasteiger partial charge on any atom is 0.0811 e. The molecule has 0 atom stereocenters. The summed E-state index contributed by atoms with van der Waals surface area (Å²) in [6.45, 7) is 4.67. The molecule has 200 valence electrons. The molecule has 34 heavy (non-hydrogen) atoms. The molecule has 0 aliphatic rings. The second-order valence-electron chi connectivity index (χ2n) is 10.0. The van der Waals surface area contributed by atoms with Crippen LogP contribution in [0.2, 0.25) is 0 Å². The van der Waals surface area contributed by atoms with E-state index in [9.17, 15) is 0 Å². The van der Waals surface area contributed by atoms with Gasteiger partial charge in [0, 0.05) is 19.6 Å². The summed E-state index contributed by atoms with van der Waals surface area (Å²) in [5, 5.41) is 17.7. The van der Waals surface area contributed by atoms with E-state index >= 15 is 0 Å². The minimum absolute atomic E-state index is 0. The van der Waals surface area contributed by atoms with Gasteiger partial charge in [-0.25, -0.2) is 0 Å². The molecule has 3 N–H and O–H groups in total. The van der Waals surface area contributed by atoms with Gasteiger partial charge in [0.15, 0.2) is 0 Å². The third kappa shape index (κ3) is 22.1. The lowest BCUT2D eigenvalue weighted by Gasteiger charge is -2.20. The Morgan fingerprint density at radius 3 is 1.18 bits per heavy atom. The van der Waals surface area contributed by atoms with Crippen molar-refractivity contribution in [2.75, 3.05) is 32.8 Å². The van der Waals surface area contributed by atoms with E-state index in [1.165, 1.54) is 134 Å². The maximum atomic E-state index is 8.84. The lowest BCUT2D eigenvalue weighted by atomic mass is 10.1. The summed E-state index contributed by atoms with van der Waals surface area (Å²) in [5.41, 5.74) is 1.48. The first-order valence-corrected chi connectivity index (χ1v) is 14.5. The fourth-order valence-electron chi connectivity index (χ4n) is 4.79. The zero-order chi connectivity index (χ0) is 23.7. The molecule has 4 heteroatoms. The molecule has 1 aromatic rings. The molecule has 0 bridgehead atoms. The van der Waals surface area contributed by atoms with Gasteiger partial charge in [0.2, 0.25) is 0 Å². The summed E-state index contributed by atoms with van der Waals surface area (Å²) in [7, 11) is 0. The van der Waals surface area contributed by atoms with Gasteiger partial charge in [0.05, 0.1) is 19.6 Å². The molecular weight excluding hydrogens is 486 g/mol. The van der Waals surface area contributed by atoms with Crippen molar-refractivity contribution in [3.05, 3.63) is 35.9 Å². The van der Waals surface area contributed by atoms with Crippen LogP contribution in [0.15, 0.2) is 30.3 Å². The van der Waals surface area contributed by atoms with Crippen LogP contribution < -0.4 is 21.9 Å². The number of aliphatic hydroxyl groups is 2. The molecule has 0 saturated heterocycles. The van der Waals surface area contributed by atoms with Crippen molar-refractivity contribution in [2.24, 2.45) is 0 Å². The number of aliphatic hydroxyl groups excluding tert-OH is 2. The summed E-state index contributed by atoms with van der Waals surface area (Å²) in [5.74, 6) is 0. The van der Waals surface area contributed by atoms with Gasteiger partial charge < -0.3 is 32.1 Å². The molecular formula is C30H56BrNO2. The van der Waals surface area contributed by atoms with Crippen LogP contribution in [0.4, 0.5) is 0 Å². The number of halogens is 1. The van der Waals surface area contributed by atoms with Crippen molar-refractivity contribution in [1.29, 1.82) is 0 Å². The molecule has 0 amide bonds. The minimum Gasteiger partial charge on any atom is -1.00 e. The number of benzene rings is 1. The quantitative estimate of drug-likeness (QED) is 0.166. The molecule has 3 nitrogen and oxygen atoms in total. The van der Waals surface area contributed by atoms with Gasteiger partial charge in [0.1, 0.15) is 0 Å². The first kappa shape index (κ1) is 33.6. The minimum atomic E-state index is 0. The first-order chi connectivity index (χ1) is 16.4. The van der Waals surface area contributed by atoms with Crippen LogP contribution >= 0.6 is 0 Å². The average Bonchev–Trinajstić information content (AvgIpc) is 2.85. The van der Waals surface area contributed by atoms with E-state index in [2.05, 4.69) is 30.3 Å². The third-order valence-corrected chi connectivity index (χ3v) is 6.99. The molecule has 0 unspecified atom stereocenters. The molecule has 1 rings (SSSR count). The van der Waals surface area contributed by atoms with Gasteiger partial charge in [-0.15, -0.1) is 0 Å². The summed E-state index contributed by atoms with van der Waals surface area (Å²) in [4.78, 5) is 1.81.